The van der Waals surface area contributed by atoms with Gasteiger partial charge in [0.25, 0.3) is 0 Å². The second kappa shape index (κ2) is 6.43. The summed E-state index contributed by atoms with van der Waals surface area (Å²) in [4.78, 5) is 0. The van der Waals surface area contributed by atoms with E-state index >= 15 is 0 Å². The molecule has 1 nitrogen and oxygen atoms in total. The number of aliphatic hydroxyl groups excluding tert-OH is 1. The maximum Gasteiger partial charge on any atom is 0.162 e. The van der Waals surface area contributed by atoms with Crippen molar-refractivity contribution < 1.29 is 13.9 Å². The van der Waals surface area contributed by atoms with Crippen molar-refractivity contribution in [3.63, 3.8) is 0 Å². The third kappa shape index (κ3) is 3.28. The predicted octanol–water partition coefficient (Wildman–Crippen LogP) is 4.79. The summed E-state index contributed by atoms with van der Waals surface area (Å²) in [6, 6.07) is 4.54. The van der Waals surface area contributed by atoms with Gasteiger partial charge in [-0.1, -0.05) is 12.1 Å². The van der Waals surface area contributed by atoms with Gasteiger partial charge in [-0.2, -0.15) is 0 Å². The van der Waals surface area contributed by atoms with Crippen molar-refractivity contribution in [1.29, 1.82) is 0 Å². The lowest BCUT2D eigenvalue weighted by Crippen LogP contribution is -2.27. The molecular weight excluding hydrogens is 270 g/mol. The molecule has 1 aromatic carbocycles. The Morgan fingerprint density at radius 3 is 2.00 bits per heavy atom. The minimum Gasteiger partial charge on any atom is -0.393 e. The first-order valence-electron chi connectivity index (χ1n) is 8.27. The van der Waals surface area contributed by atoms with Crippen LogP contribution in [0.5, 0.6) is 0 Å². The van der Waals surface area contributed by atoms with Crippen molar-refractivity contribution in [1.82, 2.24) is 0 Å². The van der Waals surface area contributed by atoms with Crippen LogP contribution in [0.25, 0.3) is 0 Å². The molecule has 0 bridgehead atoms. The largest absolute Gasteiger partial charge is 0.393 e. The van der Waals surface area contributed by atoms with Gasteiger partial charge in [0.15, 0.2) is 11.6 Å². The number of rotatable bonds is 2. The fourth-order valence-corrected chi connectivity index (χ4v) is 4.31. The van der Waals surface area contributed by atoms with E-state index in [-0.39, 0.29) is 12.0 Å². The van der Waals surface area contributed by atoms with Crippen LogP contribution in [0.4, 0.5) is 8.78 Å². The van der Waals surface area contributed by atoms with E-state index in [2.05, 4.69) is 0 Å². The molecule has 3 heteroatoms. The molecule has 0 amide bonds. The molecule has 0 heterocycles. The number of hydrogen-bond acceptors (Lipinski definition) is 1. The number of benzene rings is 1. The first-order valence-corrected chi connectivity index (χ1v) is 8.27. The summed E-state index contributed by atoms with van der Waals surface area (Å²) in [5.41, 5.74) is 0.563. The van der Waals surface area contributed by atoms with Crippen LogP contribution in [0.15, 0.2) is 18.2 Å². The fraction of sp³-hybridized carbons (Fsp3) is 0.667. The van der Waals surface area contributed by atoms with Gasteiger partial charge in [-0.05, 0) is 80.8 Å². The van der Waals surface area contributed by atoms with Crippen molar-refractivity contribution in [2.75, 3.05) is 0 Å². The van der Waals surface area contributed by atoms with Crippen molar-refractivity contribution in [3.8, 4) is 0 Å². The predicted molar refractivity (Wildman–Crippen MR) is 79.0 cm³/mol. The van der Waals surface area contributed by atoms with Crippen LogP contribution >= 0.6 is 0 Å². The van der Waals surface area contributed by atoms with Crippen molar-refractivity contribution in [2.24, 2.45) is 11.8 Å². The normalized spacial score (nSPS) is 33.9. The van der Waals surface area contributed by atoms with Gasteiger partial charge in [-0.3, -0.25) is 0 Å². The summed E-state index contributed by atoms with van der Waals surface area (Å²) >= 11 is 0. The Hall–Kier alpha value is -0.960. The molecular formula is C18H24F2O. The zero-order valence-corrected chi connectivity index (χ0v) is 12.4. The molecule has 0 radical (unpaired) electrons. The van der Waals surface area contributed by atoms with Crippen LogP contribution in [0.3, 0.4) is 0 Å². The first kappa shape index (κ1) is 15.0. The highest BCUT2D eigenvalue weighted by atomic mass is 19.2. The molecule has 21 heavy (non-hydrogen) atoms. The van der Waals surface area contributed by atoms with Crippen LogP contribution in [0.1, 0.15) is 62.8 Å². The van der Waals surface area contributed by atoms with E-state index in [4.69, 9.17) is 0 Å². The standard InChI is InChI=1S/C18H24F2O/c19-17-3-1-2-16(18(17)20)14-6-4-12(5-7-14)13-8-10-15(21)11-9-13/h1-3,12-15,21H,4-11H2. The van der Waals surface area contributed by atoms with E-state index in [1.54, 1.807) is 12.1 Å². The van der Waals surface area contributed by atoms with Gasteiger partial charge < -0.3 is 5.11 Å². The van der Waals surface area contributed by atoms with E-state index in [0.29, 0.717) is 11.5 Å². The van der Waals surface area contributed by atoms with Crippen molar-refractivity contribution in [3.05, 3.63) is 35.4 Å². The number of halogens is 2. The quantitative estimate of drug-likeness (QED) is 0.831. The van der Waals surface area contributed by atoms with Gasteiger partial charge >= 0.3 is 0 Å². The summed E-state index contributed by atoms with van der Waals surface area (Å²) < 4.78 is 27.2. The molecule has 3 rings (SSSR count). The smallest absolute Gasteiger partial charge is 0.162 e. The lowest BCUT2D eigenvalue weighted by molar-refractivity contribution is 0.0803. The van der Waals surface area contributed by atoms with Crippen molar-refractivity contribution >= 4 is 0 Å². The van der Waals surface area contributed by atoms with Gasteiger partial charge in [0.05, 0.1) is 6.10 Å². The van der Waals surface area contributed by atoms with Crippen LogP contribution < -0.4 is 0 Å². The summed E-state index contributed by atoms with van der Waals surface area (Å²) in [5, 5.41) is 9.60. The van der Waals surface area contributed by atoms with Gasteiger partial charge in [0, 0.05) is 0 Å². The average molecular weight is 294 g/mol. The topological polar surface area (TPSA) is 20.2 Å². The molecule has 2 aliphatic rings. The second-order valence-corrected chi connectivity index (χ2v) is 6.82. The molecule has 2 saturated carbocycles. The summed E-state index contributed by atoms with van der Waals surface area (Å²) in [5.74, 6) is 0.237. The maximum absolute atomic E-state index is 13.9. The Morgan fingerprint density at radius 1 is 0.810 bits per heavy atom. The number of aliphatic hydroxyl groups is 1. The van der Waals surface area contributed by atoms with Crippen LogP contribution in [0, 0.1) is 23.5 Å². The second-order valence-electron chi connectivity index (χ2n) is 6.82. The Labute approximate surface area is 125 Å². The van der Waals surface area contributed by atoms with Crippen LogP contribution in [-0.4, -0.2) is 11.2 Å². The van der Waals surface area contributed by atoms with E-state index < -0.39 is 11.6 Å². The minimum atomic E-state index is -0.726. The Kier molecular flexibility index (Phi) is 4.58. The van der Waals surface area contributed by atoms with E-state index in [9.17, 15) is 13.9 Å². The molecule has 116 valence electrons. The minimum absolute atomic E-state index is 0.0982. The molecule has 1 N–H and O–H groups in total. The van der Waals surface area contributed by atoms with E-state index in [1.165, 1.54) is 6.07 Å². The Morgan fingerprint density at radius 2 is 1.38 bits per heavy atom. The average Bonchev–Trinajstić information content (AvgIpc) is 2.51. The summed E-state index contributed by atoms with van der Waals surface area (Å²) in [7, 11) is 0. The highest BCUT2D eigenvalue weighted by molar-refractivity contribution is 5.23. The third-order valence-electron chi connectivity index (χ3n) is 5.60. The molecule has 0 unspecified atom stereocenters. The Bertz CT molecular complexity index is 472. The highest BCUT2D eigenvalue weighted by Crippen LogP contribution is 2.43. The monoisotopic (exact) mass is 294 g/mol. The summed E-state index contributed by atoms with van der Waals surface area (Å²) in [6.45, 7) is 0. The first-order chi connectivity index (χ1) is 10.1. The third-order valence-corrected chi connectivity index (χ3v) is 5.60. The number of hydrogen-bond donors (Lipinski definition) is 1. The molecule has 2 aliphatic carbocycles. The van der Waals surface area contributed by atoms with E-state index in [1.807, 2.05) is 0 Å². The molecule has 1 aromatic rings. The maximum atomic E-state index is 13.9. The Balaban J connectivity index is 1.59. The molecule has 0 atom stereocenters. The highest BCUT2D eigenvalue weighted by Gasteiger charge is 2.31. The van der Waals surface area contributed by atoms with Gasteiger partial charge in [-0.25, -0.2) is 8.78 Å². The SMILES string of the molecule is OC1CCC(C2CCC(c3cccc(F)c3F)CC2)CC1. The van der Waals surface area contributed by atoms with Gasteiger partial charge in [-0.15, -0.1) is 0 Å². The van der Waals surface area contributed by atoms with Gasteiger partial charge in [0.1, 0.15) is 0 Å². The molecule has 2 fully saturated rings. The zero-order chi connectivity index (χ0) is 14.8. The molecule has 0 saturated heterocycles. The summed E-state index contributed by atoms with van der Waals surface area (Å²) in [6.07, 6.45) is 8.18. The van der Waals surface area contributed by atoms with Gasteiger partial charge in [0.2, 0.25) is 0 Å². The molecule has 0 spiro atoms. The van der Waals surface area contributed by atoms with E-state index in [0.717, 1.165) is 57.3 Å². The van der Waals surface area contributed by atoms with Crippen LogP contribution in [0.2, 0.25) is 0 Å². The lowest BCUT2D eigenvalue weighted by atomic mass is 9.69. The zero-order valence-electron chi connectivity index (χ0n) is 12.4. The lowest BCUT2D eigenvalue weighted by Gasteiger charge is -2.37. The molecule has 0 aromatic heterocycles. The fourth-order valence-electron chi connectivity index (χ4n) is 4.31. The van der Waals surface area contributed by atoms with Crippen LogP contribution in [-0.2, 0) is 0 Å². The van der Waals surface area contributed by atoms with Crippen molar-refractivity contribution in [2.45, 2.75) is 63.4 Å². The molecule has 0 aliphatic heterocycles.